The van der Waals surface area contributed by atoms with Crippen molar-refractivity contribution in [2.24, 2.45) is 5.92 Å². The maximum absolute atomic E-state index is 13.7. The molecule has 0 spiro atoms. The second-order valence-corrected chi connectivity index (χ2v) is 6.45. The van der Waals surface area contributed by atoms with E-state index >= 15 is 0 Å². The fourth-order valence-corrected chi connectivity index (χ4v) is 2.88. The molecule has 3 heteroatoms. The molecule has 20 heavy (non-hydrogen) atoms. The van der Waals surface area contributed by atoms with Crippen LogP contribution < -0.4 is 10.1 Å². The first kappa shape index (κ1) is 13.9. The van der Waals surface area contributed by atoms with Crippen LogP contribution in [0.1, 0.15) is 51.0 Å². The lowest BCUT2D eigenvalue weighted by Crippen LogP contribution is -2.23. The predicted molar refractivity (Wildman–Crippen MR) is 78.3 cm³/mol. The predicted octanol–water partition coefficient (Wildman–Crippen LogP) is 4.04. The molecule has 0 saturated heterocycles. The van der Waals surface area contributed by atoms with E-state index in [4.69, 9.17) is 4.74 Å². The molecule has 1 N–H and O–H groups in total. The summed E-state index contributed by atoms with van der Waals surface area (Å²) in [5.74, 6) is 1.30. The Morgan fingerprint density at radius 2 is 1.85 bits per heavy atom. The molecular weight excluding hydrogens is 253 g/mol. The third kappa shape index (κ3) is 3.95. The molecular formula is C17H24FNO. The summed E-state index contributed by atoms with van der Waals surface area (Å²) in [5, 5.41) is 3.41. The minimum Gasteiger partial charge on any atom is -0.490 e. The number of rotatable bonds is 5. The van der Waals surface area contributed by atoms with Gasteiger partial charge in [0.15, 0.2) is 0 Å². The van der Waals surface area contributed by atoms with E-state index < -0.39 is 0 Å². The molecule has 2 nitrogen and oxygen atoms in total. The molecule has 3 rings (SSSR count). The number of benzene rings is 1. The number of nitrogens with one attached hydrogen (secondary N) is 1. The average molecular weight is 277 g/mol. The van der Waals surface area contributed by atoms with Crippen LogP contribution in [0.2, 0.25) is 0 Å². The van der Waals surface area contributed by atoms with E-state index in [2.05, 4.69) is 12.2 Å². The third-order valence-electron chi connectivity index (χ3n) is 4.37. The van der Waals surface area contributed by atoms with Gasteiger partial charge in [-0.1, -0.05) is 6.92 Å². The second-order valence-electron chi connectivity index (χ2n) is 6.45. The maximum Gasteiger partial charge on any atom is 0.127 e. The van der Waals surface area contributed by atoms with Crippen molar-refractivity contribution in [3.8, 4) is 5.75 Å². The lowest BCUT2D eigenvalue weighted by atomic mass is 9.89. The van der Waals surface area contributed by atoms with Gasteiger partial charge in [0.2, 0.25) is 0 Å². The molecule has 1 aromatic rings. The van der Waals surface area contributed by atoms with Gasteiger partial charge in [0, 0.05) is 18.7 Å². The Hall–Kier alpha value is -1.09. The minimum absolute atomic E-state index is 0.195. The molecule has 0 aliphatic heterocycles. The molecule has 2 fully saturated rings. The molecule has 0 amide bonds. The Kier molecular flexibility index (Phi) is 4.25. The van der Waals surface area contributed by atoms with E-state index in [9.17, 15) is 4.39 Å². The van der Waals surface area contributed by atoms with Gasteiger partial charge in [-0.3, -0.25) is 0 Å². The standard InChI is InChI=1S/C17H24FNO/c1-12-2-6-16(7-3-12)20-17-9-13(8-14(18)10-17)11-19-15-4-5-15/h8-10,12,15-16,19H,2-7,11H2,1H3. The van der Waals surface area contributed by atoms with Gasteiger partial charge in [0.25, 0.3) is 0 Å². The van der Waals surface area contributed by atoms with Crippen molar-refractivity contribution in [1.82, 2.24) is 5.32 Å². The van der Waals surface area contributed by atoms with Gasteiger partial charge in [-0.15, -0.1) is 0 Å². The molecule has 0 aromatic heterocycles. The molecule has 0 bridgehead atoms. The molecule has 0 radical (unpaired) electrons. The summed E-state index contributed by atoms with van der Waals surface area (Å²) < 4.78 is 19.7. The maximum atomic E-state index is 13.7. The average Bonchev–Trinajstić information content (AvgIpc) is 3.23. The molecule has 2 saturated carbocycles. The van der Waals surface area contributed by atoms with Gasteiger partial charge in [0.1, 0.15) is 11.6 Å². The lowest BCUT2D eigenvalue weighted by molar-refractivity contribution is 0.135. The van der Waals surface area contributed by atoms with E-state index in [1.54, 1.807) is 6.07 Å². The summed E-state index contributed by atoms with van der Waals surface area (Å²) >= 11 is 0. The highest BCUT2D eigenvalue weighted by Gasteiger charge is 2.21. The SMILES string of the molecule is CC1CCC(Oc2cc(F)cc(CNC3CC3)c2)CC1. The number of hydrogen-bond donors (Lipinski definition) is 1. The van der Waals surface area contributed by atoms with Crippen LogP contribution in [0.3, 0.4) is 0 Å². The van der Waals surface area contributed by atoms with Gasteiger partial charge in [-0.2, -0.15) is 0 Å². The van der Waals surface area contributed by atoms with E-state index in [1.165, 1.54) is 31.7 Å². The second kappa shape index (κ2) is 6.13. The lowest BCUT2D eigenvalue weighted by Gasteiger charge is -2.27. The zero-order valence-corrected chi connectivity index (χ0v) is 12.2. The minimum atomic E-state index is -0.195. The van der Waals surface area contributed by atoms with Gasteiger partial charge in [-0.25, -0.2) is 4.39 Å². The summed E-state index contributed by atoms with van der Waals surface area (Å²) in [4.78, 5) is 0. The van der Waals surface area contributed by atoms with Crippen molar-refractivity contribution in [3.05, 3.63) is 29.6 Å². The first-order valence-electron chi connectivity index (χ1n) is 7.88. The Morgan fingerprint density at radius 1 is 1.10 bits per heavy atom. The van der Waals surface area contributed by atoms with E-state index in [-0.39, 0.29) is 11.9 Å². The van der Waals surface area contributed by atoms with Crippen molar-refractivity contribution in [3.63, 3.8) is 0 Å². The normalized spacial score (nSPS) is 26.5. The number of ether oxygens (including phenoxy) is 1. The highest BCUT2D eigenvalue weighted by molar-refractivity contribution is 5.30. The molecule has 0 unspecified atom stereocenters. The zero-order valence-electron chi connectivity index (χ0n) is 12.2. The fourth-order valence-electron chi connectivity index (χ4n) is 2.88. The van der Waals surface area contributed by atoms with Gasteiger partial charge >= 0.3 is 0 Å². The van der Waals surface area contributed by atoms with Crippen LogP contribution in [0.5, 0.6) is 5.75 Å². The van der Waals surface area contributed by atoms with Crippen LogP contribution in [-0.4, -0.2) is 12.1 Å². The van der Waals surface area contributed by atoms with Gasteiger partial charge in [-0.05, 0) is 62.1 Å². The first-order valence-corrected chi connectivity index (χ1v) is 7.88. The topological polar surface area (TPSA) is 21.3 Å². The van der Waals surface area contributed by atoms with Crippen LogP contribution in [0, 0.1) is 11.7 Å². The molecule has 2 aliphatic carbocycles. The van der Waals surface area contributed by atoms with Crippen molar-refractivity contribution in [2.75, 3.05) is 0 Å². The Balaban J connectivity index is 1.59. The van der Waals surface area contributed by atoms with Gasteiger partial charge < -0.3 is 10.1 Å². The quantitative estimate of drug-likeness (QED) is 0.877. The zero-order chi connectivity index (χ0) is 13.9. The first-order chi connectivity index (χ1) is 9.69. The van der Waals surface area contributed by atoms with E-state index in [0.717, 1.165) is 30.9 Å². The Bertz CT molecular complexity index is 450. The summed E-state index contributed by atoms with van der Waals surface area (Å²) in [6.07, 6.45) is 7.38. The van der Waals surface area contributed by atoms with E-state index in [1.807, 2.05) is 6.07 Å². The van der Waals surface area contributed by atoms with Crippen LogP contribution in [0.4, 0.5) is 4.39 Å². The highest BCUT2D eigenvalue weighted by Crippen LogP contribution is 2.28. The van der Waals surface area contributed by atoms with Crippen LogP contribution in [0.25, 0.3) is 0 Å². The highest BCUT2D eigenvalue weighted by atomic mass is 19.1. The fraction of sp³-hybridized carbons (Fsp3) is 0.647. The monoisotopic (exact) mass is 277 g/mol. The summed E-state index contributed by atoms with van der Waals surface area (Å²) in [5.41, 5.74) is 0.982. The van der Waals surface area contributed by atoms with E-state index in [0.29, 0.717) is 11.8 Å². The molecule has 2 aliphatic rings. The van der Waals surface area contributed by atoms with Crippen molar-refractivity contribution in [2.45, 2.75) is 64.1 Å². The Labute approximate surface area is 120 Å². The van der Waals surface area contributed by atoms with Crippen molar-refractivity contribution in [1.29, 1.82) is 0 Å². The van der Waals surface area contributed by atoms with Crippen LogP contribution >= 0.6 is 0 Å². The molecule has 1 aromatic carbocycles. The largest absolute Gasteiger partial charge is 0.490 e. The molecule has 0 atom stereocenters. The summed E-state index contributed by atoms with van der Waals surface area (Å²) in [7, 11) is 0. The van der Waals surface area contributed by atoms with Crippen LogP contribution in [0.15, 0.2) is 18.2 Å². The number of halogens is 1. The van der Waals surface area contributed by atoms with Crippen LogP contribution in [-0.2, 0) is 6.54 Å². The van der Waals surface area contributed by atoms with Crippen molar-refractivity contribution >= 4 is 0 Å². The Morgan fingerprint density at radius 3 is 2.55 bits per heavy atom. The smallest absolute Gasteiger partial charge is 0.127 e. The molecule has 0 heterocycles. The summed E-state index contributed by atoms with van der Waals surface area (Å²) in [6.45, 7) is 3.03. The molecule has 110 valence electrons. The third-order valence-corrected chi connectivity index (χ3v) is 4.37. The summed E-state index contributed by atoms with van der Waals surface area (Å²) in [6, 6.07) is 5.74. The van der Waals surface area contributed by atoms with Crippen molar-refractivity contribution < 1.29 is 9.13 Å². The number of hydrogen-bond acceptors (Lipinski definition) is 2. The van der Waals surface area contributed by atoms with Gasteiger partial charge in [0.05, 0.1) is 6.10 Å².